The van der Waals surface area contributed by atoms with Gasteiger partial charge in [0.2, 0.25) is 5.91 Å². The number of carbonyl (C=O) groups excluding carboxylic acids is 1. The van der Waals surface area contributed by atoms with Crippen LogP contribution in [0.1, 0.15) is 19.8 Å². The third-order valence-electron chi connectivity index (χ3n) is 2.03. The molecule has 0 fully saturated rings. The van der Waals surface area contributed by atoms with E-state index in [0.29, 0.717) is 17.9 Å². The van der Waals surface area contributed by atoms with E-state index in [1.165, 1.54) is 0 Å². The number of halogens is 2. The zero-order chi connectivity index (χ0) is 12.1. The topological polar surface area (TPSA) is 55.1 Å². The Morgan fingerprint density at radius 2 is 2.31 bits per heavy atom. The minimum absolute atomic E-state index is 0.0162. The van der Waals surface area contributed by atoms with Crippen LogP contribution in [0.2, 0.25) is 5.02 Å². The van der Waals surface area contributed by atoms with Gasteiger partial charge in [0, 0.05) is 21.1 Å². The van der Waals surface area contributed by atoms with Crippen molar-refractivity contribution in [2.75, 3.05) is 5.32 Å². The lowest BCUT2D eigenvalue weighted by molar-refractivity contribution is -0.116. The summed E-state index contributed by atoms with van der Waals surface area (Å²) in [5.41, 5.74) is 6.38. The van der Waals surface area contributed by atoms with Gasteiger partial charge in [0.1, 0.15) is 0 Å². The fraction of sp³-hybridized carbons (Fsp3) is 0.364. The third-order valence-corrected chi connectivity index (χ3v) is 3.16. The lowest BCUT2D eigenvalue weighted by Crippen LogP contribution is -2.19. The number of hydrogen-bond donors (Lipinski definition) is 2. The van der Waals surface area contributed by atoms with E-state index in [4.69, 9.17) is 17.3 Å². The van der Waals surface area contributed by atoms with E-state index < -0.39 is 0 Å². The van der Waals surface area contributed by atoms with Crippen LogP contribution in [0.25, 0.3) is 0 Å². The Morgan fingerprint density at radius 1 is 1.62 bits per heavy atom. The SMILES string of the molecule is CC(N)CCC(=O)Nc1ccc(Cl)cc1I. The summed E-state index contributed by atoms with van der Waals surface area (Å²) in [5, 5.41) is 3.50. The van der Waals surface area contributed by atoms with Gasteiger partial charge >= 0.3 is 0 Å². The molecule has 0 aliphatic carbocycles. The predicted molar refractivity (Wildman–Crippen MR) is 75.7 cm³/mol. The second-order valence-corrected chi connectivity index (χ2v) is 5.29. The molecule has 0 saturated carbocycles. The number of anilines is 1. The van der Waals surface area contributed by atoms with Gasteiger partial charge in [0.25, 0.3) is 0 Å². The Balaban J connectivity index is 2.56. The van der Waals surface area contributed by atoms with E-state index in [0.717, 1.165) is 9.26 Å². The number of amides is 1. The first kappa shape index (κ1) is 13.7. The first-order valence-electron chi connectivity index (χ1n) is 4.99. The van der Waals surface area contributed by atoms with Gasteiger partial charge in [-0.2, -0.15) is 0 Å². The van der Waals surface area contributed by atoms with Crippen LogP contribution in [0, 0.1) is 3.57 Å². The second kappa shape index (κ2) is 6.42. The Bertz CT molecular complexity index is 382. The lowest BCUT2D eigenvalue weighted by atomic mass is 10.2. The highest BCUT2D eigenvalue weighted by molar-refractivity contribution is 14.1. The van der Waals surface area contributed by atoms with Crippen molar-refractivity contribution in [1.82, 2.24) is 0 Å². The lowest BCUT2D eigenvalue weighted by Gasteiger charge is -2.08. The molecule has 0 aliphatic rings. The van der Waals surface area contributed by atoms with Crippen molar-refractivity contribution in [2.45, 2.75) is 25.8 Å². The standard InChI is InChI=1S/C11H14ClIN2O/c1-7(14)2-5-11(16)15-10-4-3-8(12)6-9(10)13/h3-4,6-7H,2,5,14H2,1H3,(H,15,16). The average Bonchev–Trinajstić information content (AvgIpc) is 2.19. The number of nitrogens with one attached hydrogen (secondary N) is 1. The quantitative estimate of drug-likeness (QED) is 0.819. The smallest absolute Gasteiger partial charge is 0.224 e. The second-order valence-electron chi connectivity index (χ2n) is 3.69. The summed E-state index contributed by atoms with van der Waals surface area (Å²) < 4.78 is 0.930. The molecular weight excluding hydrogens is 338 g/mol. The van der Waals surface area contributed by atoms with Crippen LogP contribution < -0.4 is 11.1 Å². The number of hydrogen-bond acceptors (Lipinski definition) is 2. The minimum atomic E-state index is -0.0162. The molecule has 3 N–H and O–H groups in total. The Labute approximate surface area is 114 Å². The molecule has 1 aromatic rings. The Morgan fingerprint density at radius 3 is 2.88 bits per heavy atom. The number of benzene rings is 1. The first-order chi connectivity index (χ1) is 7.49. The highest BCUT2D eigenvalue weighted by Gasteiger charge is 2.06. The highest BCUT2D eigenvalue weighted by Crippen LogP contribution is 2.22. The van der Waals surface area contributed by atoms with Crippen LogP contribution in [0.4, 0.5) is 5.69 Å². The molecule has 0 aromatic heterocycles. The maximum atomic E-state index is 11.6. The summed E-state index contributed by atoms with van der Waals surface area (Å²) in [6.07, 6.45) is 1.13. The van der Waals surface area contributed by atoms with Gasteiger partial charge < -0.3 is 11.1 Å². The van der Waals surface area contributed by atoms with Gasteiger partial charge in [-0.1, -0.05) is 11.6 Å². The molecule has 0 radical (unpaired) electrons. The van der Waals surface area contributed by atoms with Gasteiger partial charge in [-0.3, -0.25) is 4.79 Å². The maximum absolute atomic E-state index is 11.6. The molecule has 1 unspecified atom stereocenters. The molecule has 1 amide bonds. The number of rotatable bonds is 4. The van der Waals surface area contributed by atoms with Crippen molar-refractivity contribution in [1.29, 1.82) is 0 Å². The van der Waals surface area contributed by atoms with Gasteiger partial charge in [-0.05, 0) is 54.1 Å². The summed E-state index contributed by atoms with van der Waals surface area (Å²) >= 11 is 7.96. The zero-order valence-corrected chi connectivity index (χ0v) is 11.9. The van der Waals surface area contributed by atoms with Crippen molar-refractivity contribution < 1.29 is 4.79 Å². The molecule has 16 heavy (non-hydrogen) atoms. The average molecular weight is 353 g/mol. The van der Waals surface area contributed by atoms with Crippen LogP contribution in [-0.2, 0) is 4.79 Å². The first-order valence-corrected chi connectivity index (χ1v) is 6.45. The van der Waals surface area contributed by atoms with Gasteiger partial charge in [-0.15, -0.1) is 0 Å². The van der Waals surface area contributed by atoms with E-state index in [2.05, 4.69) is 27.9 Å². The van der Waals surface area contributed by atoms with E-state index >= 15 is 0 Å². The van der Waals surface area contributed by atoms with Crippen molar-refractivity contribution in [3.63, 3.8) is 0 Å². The van der Waals surface area contributed by atoms with Gasteiger partial charge in [-0.25, -0.2) is 0 Å². The number of nitrogens with two attached hydrogens (primary N) is 1. The largest absolute Gasteiger partial charge is 0.328 e. The van der Waals surface area contributed by atoms with Gasteiger partial charge in [0.05, 0.1) is 5.69 Å². The summed E-state index contributed by atoms with van der Waals surface area (Å²) in [6, 6.07) is 5.41. The summed E-state index contributed by atoms with van der Waals surface area (Å²) in [4.78, 5) is 11.6. The Hall–Kier alpha value is -0.330. The molecule has 1 atom stereocenters. The van der Waals surface area contributed by atoms with E-state index in [1.54, 1.807) is 12.1 Å². The summed E-state index contributed by atoms with van der Waals surface area (Å²) in [6.45, 7) is 1.89. The molecular formula is C11H14ClIN2O. The zero-order valence-electron chi connectivity index (χ0n) is 8.97. The predicted octanol–water partition coefficient (Wildman–Crippen LogP) is 3.01. The Kier molecular flexibility index (Phi) is 5.51. The van der Waals surface area contributed by atoms with Crippen LogP contribution >= 0.6 is 34.2 Å². The molecule has 3 nitrogen and oxygen atoms in total. The van der Waals surface area contributed by atoms with Crippen LogP contribution in [-0.4, -0.2) is 11.9 Å². The third kappa shape index (κ3) is 4.67. The fourth-order valence-electron chi connectivity index (χ4n) is 1.16. The van der Waals surface area contributed by atoms with Crippen molar-refractivity contribution in [2.24, 2.45) is 5.73 Å². The van der Waals surface area contributed by atoms with E-state index in [9.17, 15) is 4.79 Å². The summed E-state index contributed by atoms with van der Waals surface area (Å²) in [5.74, 6) is -0.0162. The van der Waals surface area contributed by atoms with Crippen molar-refractivity contribution in [3.8, 4) is 0 Å². The molecule has 0 heterocycles. The highest BCUT2D eigenvalue weighted by atomic mass is 127. The summed E-state index contributed by atoms with van der Waals surface area (Å²) in [7, 11) is 0. The molecule has 0 bridgehead atoms. The van der Waals surface area contributed by atoms with Crippen molar-refractivity contribution in [3.05, 3.63) is 26.8 Å². The van der Waals surface area contributed by atoms with E-state index in [1.807, 2.05) is 13.0 Å². The van der Waals surface area contributed by atoms with Crippen LogP contribution in [0.15, 0.2) is 18.2 Å². The minimum Gasteiger partial charge on any atom is -0.328 e. The normalized spacial score (nSPS) is 12.2. The number of carbonyl (C=O) groups is 1. The molecule has 1 rings (SSSR count). The molecule has 5 heteroatoms. The maximum Gasteiger partial charge on any atom is 0.224 e. The van der Waals surface area contributed by atoms with Crippen molar-refractivity contribution >= 4 is 45.8 Å². The molecule has 0 aliphatic heterocycles. The molecule has 0 spiro atoms. The molecule has 88 valence electrons. The fourth-order valence-corrected chi connectivity index (χ4v) is 2.17. The monoisotopic (exact) mass is 352 g/mol. The van der Waals surface area contributed by atoms with E-state index in [-0.39, 0.29) is 11.9 Å². The molecule has 0 saturated heterocycles. The molecule has 1 aromatic carbocycles. The van der Waals surface area contributed by atoms with Crippen LogP contribution in [0.3, 0.4) is 0 Å². The van der Waals surface area contributed by atoms with Gasteiger partial charge in [0.15, 0.2) is 0 Å². The van der Waals surface area contributed by atoms with Crippen LogP contribution in [0.5, 0.6) is 0 Å².